The topological polar surface area (TPSA) is 80.5 Å². The van der Waals surface area contributed by atoms with Crippen LogP contribution in [-0.4, -0.2) is 44.1 Å². The zero-order chi connectivity index (χ0) is 17.4. The van der Waals surface area contributed by atoms with Crippen LogP contribution in [0, 0.1) is 5.41 Å². The number of carbonyl (C=O) groups excluding carboxylic acids is 1. The molecule has 1 amide bonds. The van der Waals surface area contributed by atoms with Crippen LogP contribution in [0.5, 0.6) is 0 Å². The van der Waals surface area contributed by atoms with E-state index in [-0.39, 0.29) is 35.3 Å². The molecule has 0 radical (unpaired) electrons. The highest BCUT2D eigenvalue weighted by atomic mass is 35.5. The van der Waals surface area contributed by atoms with Gasteiger partial charge in [-0.1, -0.05) is 13.8 Å². The average molecular weight is 383 g/mol. The predicted octanol–water partition coefficient (Wildman–Crippen LogP) is 2.30. The fourth-order valence-corrected chi connectivity index (χ4v) is 3.34. The Labute approximate surface area is 146 Å². The Morgan fingerprint density at radius 1 is 1.29 bits per heavy atom. The zero-order valence-corrected chi connectivity index (χ0v) is 15.0. The Balaban J connectivity index is 0.00000288. The number of piperidine rings is 1. The van der Waals surface area contributed by atoms with Gasteiger partial charge in [-0.15, -0.1) is 12.4 Å². The summed E-state index contributed by atoms with van der Waals surface area (Å²) in [5.41, 5.74) is 6.09. The largest absolute Gasteiger partial charge is 0.341 e. The van der Waals surface area contributed by atoms with Crippen LogP contribution in [-0.2, 0) is 9.84 Å². The van der Waals surface area contributed by atoms with Crippen molar-refractivity contribution in [1.29, 1.82) is 0 Å². The smallest absolute Gasteiger partial charge is 0.338 e. The normalized spacial score (nSPS) is 20.6. The molecule has 0 bridgehead atoms. The third kappa shape index (κ3) is 4.04. The third-order valence-electron chi connectivity index (χ3n) is 4.26. The number of carbonyl (C=O) groups is 1. The lowest BCUT2D eigenvalue weighted by Crippen LogP contribution is -2.53. The molecule has 1 unspecified atom stereocenters. The minimum absolute atomic E-state index is 0. The molecule has 1 atom stereocenters. The van der Waals surface area contributed by atoms with Gasteiger partial charge in [-0.25, -0.2) is 8.42 Å². The Bertz CT molecular complexity index is 693. The van der Waals surface area contributed by atoms with E-state index < -0.39 is 20.5 Å². The highest BCUT2D eigenvalue weighted by molar-refractivity contribution is 7.91. The second-order valence-electron chi connectivity index (χ2n) is 6.44. The quantitative estimate of drug-likeness (QED) is 0.869. The first-order chi connectivity index (χ1) is 10.6. The molecule has 2 rings (SSSR count). The fourth-order valence-electron chi connectivity index (χ4n) is 2.62. The maximum Gasteiger partial charge on any atom is 0.341 e. The van der Waals surface area contributed by atoms with Crippen molar-refractivity contribution >= 4 is 28.2 Å². The Morgan fingerprint density at radius 3 is 2.29 bits per heavy atom. The molecule has 1 fully saturated rings. The summed E-state index contributed by atoms with van der Waals surface area (Å²) in [6.45, 7) is 4.97. The summed E-state index contributed by atoms with van der Waals surface area (Å²) in [5.74, 6) is -3.74. The van der Waals surface area contributed by atoms with Gasteiger partial charge in [0.05, 0.1) is 4.90 Å². The molecule has 0 spiro atoms. The number of rotatable bonds is 3. The maximum atomic E-state index is 12.5. The number of alkyl halides is 2. The van der Waals surface area contributed by atoms with Crippen LogP contribution >= 0.6 is 12.4 Å². The van der Waals surface area contributed by atoms with Crippen LogP contribution in [0.15, 0.2) is 29.2 Å². The van der Waals surface area contributed by atoms with Gasteiger partial charge in [0.25, 0.3) is 5.91 Å². The summed E-state index contributed by atoms with van der Waals surface area (Å²) in [4.78, 5) is 13.6. The first kappa shape index (κ1) is 20.8. The predicted molar refractivity (Wildman–Crippen MR) is 89.2 cm³/mol. The lowest BCUT2D eigenvalue weighted by molar-refractivity contribution is 0.0533. The SMILES string of the molecule is CC1(C)CN(C(=O)c2ccc(S(=O)(=O)C(F)F)cc2)CCC1N.Cl. The van der Waals surface area contributed by atoms with Crippen LogP contribution in [0.4, 0.5) is 8.78 Å². The lowest BCUT2D eigenvalue weighted by Gasteiger charge is -2.42. The molecule has 0 aromatic heterocycles. The van der Waals surface area contributed by atoms with E-state index in [1.54, 1.807) is 4.90 Å². The van der Waals surface area contributed by atoms with Crippen molar-refractivity contribution in [2.75, 3.05) is 13.1 Å². The van der Waals surface area contributed by atoms with E-state index in [0.717, 1.165) is 12.1 Å². The van der Waals surface area contributed by atoms with Gasteiger partial charge in [-0.3, -0.25) is 4.79 Å². The summed E-state index contributed by atoms with van der Waals surface area (Å²) >= 11 is 0. The highest BCUT2D eigenvalue weighted by Gasteiger charge is 2.35. The number of amides is 1. The van der Waals surface area contributed by atoms with Crippen LogP contribution in [0.3, 0.4) is 0 Å². The first-order valence-corrected chi connectivity index (χ1v) is 8.77. The van der Waals surface area contributed by atoms with E-state index in [2.05, 4.69) is 0 Å². The minimum Gasteiger partial charge on any atom is -0.338 e. The summed E-state index contributed by atoms with van der Waals surface area (Å²) in [6.07, 6.45) is 0.677. The number of hydrogen-bond donors (Lipinski definition) is 1. The van der Waals surface area contributed by atoms with Crippen LogP contribution in [0.1, 0.15) is 30.6 Å². The molecule has 5 nitrogen and oxygen atoms in total. The number of hydrogen-bond acceptors (Lipinski definition) is 4. The summed E-state index contributed by atoms with van der Waals surface area (Å²) in [7, 11) is -4.64. The number of halogens is 3. The van der Waals surface area contributed by atoms with E-state index in [4.69, 9.17) is 5.73 Å². The molecule has 24 heavy (non-hydrogen) atoms. The number of sulfone groups is 1. The summed E-state index contributed by atoms with van der Waals surface area (Å²) in [5, 5.41) is 0. The number of nitrogens with zero attached hydrogens (tertiary/aromatic N) is 1. The van der Waals surface area contributed by atoms with Crippen molar-refractivity contribution in [1.82, 2.24) is 4.90 Å². The lowest BCUT2D eigenvalue weighted by atomic mass is 9.79. The molecule has 9 heteroatoms. The molecule has 1 heterocycles. The Morgan fingerprint density at radius 2 is 1.83 bits per heavy atom. The van der Waals surface area contributed by atoms with Gasteiger partial charge in [0.2, 0.25) is 9.84 Å². The van der Waals surface area contributed by atoms with Gasteiger partial charge < -0.3 is 10.6 Å². The van der Waals surface area contributed by atoms with Gasteiger partial charge in [0.15, 0.2) is 0 Å². The fraction of sp³-hybridized carbons (Fsp3) is 0.533. The number of benzene rings is 1. The molecular weight excluding hydrogens is 362 g/mol. The minimum atomic E-state index is -4.64. The van der Waals surface area contributed by atoms with Gasteiger partial charge in [-0.2, -0.15) is 8.78 Å². The van der Waals surface area contributed by atoms with Crippen LogP contribution in [0.25, 0.3) is 0 Å². The third-order valence-corrected chi connectivity index (χ3v) is 5.66. The van der Waals surface area contributed by atoms with E-state index in [1.165, 1.54) is 12.1 Å². The molecule has 0 saturated carbocycles. The van der Waals surface area contributed by atoms with Crippen molar-refractivity contribution in [2.24, 2.45) is 11.1 Å². The van der Waals surface area contributed by atoms with Crippen molar-refractivity contribution in [3.8, 4) is 0 Å². The number of likely N-dealkylation sites (tertiary alicyclic amines) is 1. The van der Waals surface area contributed by atoms with Gasteiger partial charge in [0.1, 0.15) is 0 Å². The molecular formula is C15H21ClF2N2O3S. The molecule has 1 aliphatic heterocycles. The molecule has 1 aliphatic rings. The van der Waals surface area contributed by atoms with Crippen LogP contribution < -0.4 is 5.73 Å². The number of nitrogens with two attached hydrogens (primary N) is 1. The Hall–Kier alpha value is -1.25. The molecule has 1 aromatic carbocycles. The first-order valence-electron chi connectivity index (χ1n) is 7.22. The van der Waals surface area contributed by atoms with E-state index >= 15 is 0 Å². The van der Waals surface area contributed by atoms with Gasteiger partial charge >= 0.3 is 5.76 Å². The van der Waals surface area contributed by atoms with E-state index in [9.17, 15) is 22.0 Å². The molecule has 1 aromatic rings. The van der Waals surface area contributed by atoms with E-state index in [0.29, 0.717) is 19.5 Å². The van der Waals surface area contributed by atoms with Gasteiger partial charge in [0, 0.05) is 24.7 Å². The Kier molecular flexibility index (Phi) is 6.35. The average Bonchev–Trinajstić information content (AvgIpc) is 2.49. The van der Waals surface area contributed by atoms with Crippen molar-refractivity contribution < 1.29 is 22.0 Å². The second-order valence-corrected chi connectivity index (χ2v) is 8.36. The molecule has 0 aliphatic carbocycles. The van der Waals surface area contributed by atoms with Crippen molar-refractivity contribution in [2.45, 2.75) is 37.0 Å². The van der Waals surface area contributed by atoms with Gasteiger partial charge in [-0.05, 0) is 36.1 Å². The standard InChI is InChI=1S/C15H20F2N2O3S.ClH/c1-15(2)9-19(8-7-12(15)18)13(20)10-3-5-11(6-4-10)23(21,22)14(16)17;/h3-6,12,14H,7-9,18H2,1-2H3;1H. The summed E-state index contributed by atoms with van der Waals surface area (Å²) in [6, 6.07) is 4.61. The molecule has 1 saturated heterocycles. The van der Waals surface area contributed by atoms with Crippen LogP contribution in [0.2, 0.25) is 0 Å². The van der Waals surface area contributed by atoms with Crippen molar-refractivity contribution in [3.63, 3.8) is 0 Å². The highest BCUT2D eigenvalue weighted by Crippen LogP contribution is 2.28. The monoisotopic (exact) mass is 382 g/mol. The zero-order valence-electron chi connectivity index (χ0n) is 13.4. The van der Waals surface area contributed by atoms with E-state index in [1.807, 2.05) is 13.8 Å². The molecule has 2 N–H and O–H groups in total. The van der Waals surface area contributed by atoms with Crippen molar-refractivity contribution in [3.05, 3.63) is 29.8 Å². The second kappa shape index (κ2) is 7.33. The summed E-state index contributed by atoms with van der Waals surface area (Å²) < 4.78 is 47.7. The maximum absolute atomic E-state index is 12.5. The molecule has 136 valence electrons.